The Balaban J connectivity index is 3.34. The van der Waals surface area contributed by atoms with Crippen molar-refractivity contribution < 1.29 is 24.5 Å². The smallest absolute Gasteiger partial charge is 0.305 e. The third-order valence-electron chi connectivity index (χ3n) is 18.0. The fourth-order valence-corrected chi connectivity index (χ4v) is 12.2. The van der Waals surface area contributed by atoms with E-state index in [0.29, 0.717) is 25.9 Å². The Kier molecular flexibility index (Phi) is 71.4. The summed E-state index contributed by atoms with van der Waals surface area (Å²) < 4.78 is 5.49. The zero-order chi connectivity index (χ0) is 59.9. The van der Waals surface area contributed by atoms with Crippen LogP contribution in [0.25, 0.3) is 0 Å². The molecule has 0 saturated heterocycles. The molecule has 0 fully saturated rings. The minimum atomic E-state index is -0.663. The highest BCUT2D eigenvalue weighted by Gasteiger charge is 2.20. The van der Waals surface area contributed by atoms with Crippen LogP contribution < -0.4 is 5.32 Å². The molecule has 0 bridgehead atoms. The van der Waals surface area contributed by atoms with Crippen molar-refractivity contribution in [1.82, 2.24) is 5.32 Å². The number of allylic oxidation sites excluding steroid dienone is 4. The van der Waals surface area contributed by atoms with Crippen molar-refractivity contribution in [2.75, 3.05) is 13.2 Å². The van der Waals surface area contributed by atoms with Gasteiger partial charge < -0.3 is 20.3 Å². The number of unbranched alkanes of at least 4 members (excludes halogenated alkanes) is 57. The van der Waals surface area contributed by atoms with Crippen molar-refractivity contribution in [3.63, 3.8) is 0 Å². The maximum atomic E-state index is 12.6. The van der Waals surface area contributed by atoms with Crippen LogP contribution in [0.15, 0.2) is 24.3 Å². The van der Waals surface area contributed by atoms with Gasteiger partial charge in [0.05, 0.1) is 25.4 Å². The third-order valence-corrected chi connectivity index (χ3v) is 18.0. The average molecular weight is 1170 g/mol. The van der Waals surface area contributed by atoms with E-state index in [4.69, 9.17) is 4.74 Å². The number of rotatable bonds is 72. The number of aliphatic hydroxyl groups excluding tert-OH is 2. The molecular weight excluding hydrogens is 1020 g/mol. The van der Waals surface area contributed by atoms with Crippen LogP contribution in [0.3, 0.4) is 0 Å². The molecule has 2 unspecified atom stereocenters. The van der Waals surface area contributed by atoms with E-state index in [9.17, 15) is 19.8 Å². The molecule has 3 N–H and O–H groups in total. The quantitative estimate of drug-likeness (QED) is 0.0320. The van der Waals surface area contributed by atoms with Gasteiger partial charge in [-0.2, -0.15) is 0 Å². The van der Waals surface area contributed by atoms with Gasteiger partial charge in [-0.3, -0.25) is 9.59 Å². The summed E-state index contributed by atoms with van der Waals surface area (Å²) in [7, 11) is 0. The molecule has 0 spiro atoms. The molecule has 0 aromatic rings. The van der Waals surface area contributed by atoms with Crippen molar-refractivity contribution >= 4 is 11.9 Å². The van der Waals surface area contributed by atoms with Crippen LogP contribution >= 0.6 is 0 Å². The van der Waals surface area contributed by atoms with Crippen LogP contribution in [0.4, 0.5) is 0 Å². The van der Waals surface area contributed by atoms with Crippen molar-refractivity contribution in [2.45, 2.75) is 443 Å². The molecule has 0 aliphatic rings. The first-order chi connectivity index (χ1) is 41.0. The molecule has 0 saturated carbocycles. The highest BCUT2D eigenvalue weighted by molar-refractivity contribution is 5.76. The van der Waals surface area contributed by atoms with Gasteiger partial charge in [0, 0.05) is 12.8 Å². The number of hydrogen-bond donors (Lipinski definition) is 3. The lowest BCUT2D eigenvalue weighted by Gasteiger charge is -2.22. The first kappa shape index (κ1) is 81.3. The maximum absolute atomic E-state index is 12.6. The third kappa shape index (κ3) is 69.3. The van der Waals surface area contributed by atoms with E-state index in [1.165, 1.54) is 347 Å². The van der Waals surface area contributed by atoms with Crippen LogP contribution in [-0.4, -0.2) is 47.4 Å². The first-order valence-corrected chi connectivity index (χ1v) is 38.1. The maximum Gasteiger partial charge on any atom is 0.305 e. The Morgan fingerprint density at radius 3 is 0.952 bits per heavy atom. The van der Waals surface area contributed by atoms with Crippen LogP contribution in [0, 0.1) is 0 Å². The van der Waals surface area contributed by atoms with Crippen LogP contribution in [0.2, 0.25) is 0 Å². The summed E-state index contributed by atoms with van der Waals surface area (Å²) in [4.78, 5) is 24.6. The molecule has 0 radical (unpaired) electrons. The summed E-state index contributed by atoms with van der Waals surface area (Å²) in [5.74, 6) is -0.0196. The lowest BCUT2D eigenvalue weighted by Crippen LogP contribution is -2.45. The Bertz CT molecular complexity index is 1300. The van der Waals surface area contributed by atoms with E-state index in [1.54, 1.807) is 0 Å². The minimum absolute atomic E-state index is 0.00629. The Labute approximate surface area is 520 Å². The second kappa shape index (κ2) is 72.8. The number of aliphatic hydroxyl groups is 2. The second-order valence-electron chi connectivity index (χ2n) is 26.3. The average Bonchev–Trinajstić information content (AvgIpc) is 3.49. The van der Waals surface area contributed by atoms with E-state index in [2.05, 4.69) is 43.5 Å². The molecule has 0 heterocycles. The number of nitrogens with one attached hydrogen (secondary N) is 1. The van der Waals surface area contributed by atoms with Crippen molar-refractivity contribution in [3.05, 3.63) is 24.3 Å². The highest BCUT2D eigenvalue weighted by Crippen LogP contribution is 2.20. The Morgan fingerprint density at radius 1 is 0.337 bits per heavy atom. The van der Waals surface area contributed by atoms with E-state index in [1.807, 2.05) is 0 Å². The van der Waals surface area contributed by atoms with Gasteiger partial charge in [-0.05, 0) is 51.4 Å². The normalized spacial score (nSPS) is 12.6. The first-order valence-electron chi connectivity index (χ1n) is 38.1. The molecule has 1 amide bonds. The van der Waals surface area contributed by atoms with Crippen molar-refractivity contribution in [1.29, 1.82) is 0 Å². The largest absolute Gasteiger partial charge is 0.466 e. The van der Waals surface area contributed by atoms with Gasteiger partial charge in [0.25, 0.3) is 0 Å². The van der Waals surface area contributed by atoms with E-state index >= 15 is 0 Å². The monoisotopic (exact) mass is 1170 g/mol. The lowest BCUT2D eigenvalue weighted by atomic mass is 10.0. The zero-order valence-corrected chi connectivity index (χ0v) is 56.5. The van der Waals surface area contributed by atoms with E-state index < -0.39 is 12.1 Å². The summed E-state index contributed by atoms with van der Waals surface area (Å²) in [6.07, 6.45) is 92.5. The van der Waals surface area contributed by atoms with Crippen LogP contribution in [0.1, 0.15) is 431 Å². The summed E-state index contributed by atoms with van der Waals surface area (Å²) in [5, 5.41) is 23.5. The Hall–Kier alpha value is -1.66. The highest BCUT2D eigenvalue weighted by atomic mass is 16.5. The zero-order valence-electron chi connectivity index (χ0n) is 56.5. The summed E-state index contributed by atoms with van der Waals surface area (Å²) >= 11 is 0. The molecule has 0 aromatic carbocycles. The van der Waals surface area contributed by atoms with Gasteiger partial charge in [0.2, 0.25) is 5.91 Å². The van der Waals surface area contributed by atoms with E-state index in [0.717, 1.165) is 51.4 Å². The molecular formula is C77H149NO5. The number of amides is 1. The standard InChI is InChI=1S/C77H149NO5/c1-3-5-7-9-11-13-15-17-19-20-21-22-33-36-39-42-45-49-53-57-61-65-69-75(80)74(73-79)78-76(81)70-66-62-58-54-50-46-43-40-37-34-31-29-27-25-23-24-26-28-30-32-35-38-41-44-48-52-56-60-64-68-72-83-77(82)71-67-63-59-55-51-47-18-16-14-12-10-8-6-4-2/h10,12,16,18,74-75,79-80H,3-9,11,13-15,17,19-73H2,1-2H3,(H,78,81)/b12-10-,18-16-. The number of esters is 1. The SMILES string of the molecule is CCCC/C=C\C/C=C\CCCCCCCC(=O)OCCCCCCCCCCCCCCCCCCCCCCCCCCCCCCCCC(=O)NC(CO)C(O)CCCCCCCCCCCCCCCCCCCCCCCC. The van der Waals surface area contributed by atoms with Crippen LogP contribution in [0.5, 0.6) is 0 Å². The van der Waals surface area contributed by atoms with Crippen molar-refractivity contribution in [3.8, 4) is 0 Å². The van der Waals surface area contributed by atoms with Crippen molar-refractivity contribution in [2.24, 2.45) is 0 Å². The fraction of sp³-hybridized carbons (Fsp3) is 0.922. The number of carbonyl (C=O) groups is 2. The molecule has 0 aromatic heterocycles. The van der Waals surface area contributed by atoms with Gasteiger partial charge in [-0.15, -0.1) is 0 Å². The molecule has 83 heavy (non-hydrogen) atoms. The van der Waals surface area contributed by atoms with Gasteiger partial charge in [-0.25, -0.2) is 0 Å². The molecule has 2 atom stereocenters. The lowest BCUT2D eigenvalue weighted by molar-refractivity contribution is -0.143. The van der Waals surface area contributed by atoms with Gasteiger partial charge in [-0.1, -0.05) is 391 Å². The predicted molar refractivity (Wildman–Crippen MR) is 366 cm³/mol. The van der Waals surface area contributed by atoms with Gasteiger partial charge in [0.1, 0.15) is 0 Å². The van der Waals surface area contributed by atoms with Crippen LogP contribution in [-0.2, 0) is 14.3 Å². The molecule has 0 aliphatic carbocycles. The topological polar surface area (TPSA) is 95.9 Å². The predicted octanol–water partition coefficient (Wildman–Crippen LogP) is 24.9. The number of carbonyl (C=O) groups excluding carboxylic acids is 2. The molecule has 6 heteroatoms. The molecule has 0 aliphatic heterocycles. The number of hydrogen-bond acceptors (Lipinski definition) is 5. The second-order valence-corrected chi connectivity index (χ2v) is 26.3. The molecule has 6 nitrogen and oxygen atoms in total. The summed E-state index contributed by atoms with van der Waals surface area (Å²) in [6, 6.07) is -0.539. The fourth-order valence-electron chi connectivity index (χ4n) is 12.2. The summed E-state index contributed by atoms with van der Waals surface area (Å²) in [5.41, 5.74) is 0. The van der Waals surface area contributed by atoms with Gasteiger partial charge in [0.15, 0.2) is 0 Å². The van der Waals surface area contributed by atoms with Gasteiger partial charge >= 0.3 is 5.97 Å². The summed E-state index contributed by atoms with van der Waals surface area (Å²) in [6.45, 7) is 4.95. The number of ether oxygens (including phenoxy) is 1. The van der Waals surface area contributed by atoms with E-state index in [-0.39, 0.29) is 18.5 Å². The molecule has 0 rings (SSSR count). The molecule has 492 valence electrons. The minimum Gasteiger partial charge on any atom is -0.466 e. The Morgan fingerprint density at radius 2 is 0.614 bits per heavy atom.